The lowest BCUT2D eigenvalue weighted by atomic mass is 10.2. The zero-order valence-corrected chi connectivity index (χ0v) is 8.76. The van der Waals surface area contributed by atoms with Crippen molar-refractivity contribution < 1.29 is 13.6 Å². The van der Waals surface area contributed by atoms with E-state index in [2.05, 4.69) is 0 Å². The van der Waals surface area contributed by atoms with Crippen LogP contribution in [-0.4, -0.2) is 23.9 Å². The van der Waals surface area contributed by atoms with Gasteiger partial charge in [0.2, 0.25) is 0 Å². The Kier molecular flexibility index (Phi) is 3.77. The number of benzene rings is 1. The lowest BCUT2D eigenvalue weighted by Gasteiger charge is -2.18. The van der Waals surface area contributed by atoms with Crippen LogP contribution in [0, 0.1) is 11.6 Å². The van der Waals surface area contributed by atoms with Gasteiger partial charge in [-0.15, -0.1) is 0 Å². The molecule has 0 unspecified atom stereocenters. The maximum Gasteiger partial charge on any atom is 0.256 e. The third-order valence-electron chi connectivity index (χ3n) is 2.21. The molecule has 1 rings (SSSR count). The molecule has 0 aliphatic carbocycles. The van der Waals surface area contributed by atoms with Crippen molar-refractivity contribution in [3.8, 4) is 0 Å². The number of carbonyl (C=O) groups is 1. The highest BCUT2D eigenvalue weighted by Crippen LogP contribution is 2.12. The largest absolute Gasteiger partial charge is 0.339 e. The normalized spacial score (nSPS) is 10.1. The fourth-order valence-electron chi connectivity index (χ4n) is 1.34. The van der Waals surface area contributed by atoms with Gasteiger partial charge in [0.1, 0.15) is 11.6 Å². The maximum atomic E-state index is 13.2. The van der Waals surface area contributed by atoms with Crippen molar-refractivity contribution in [2.75, 3.05) is 13.1 Å². The van der Waals surface area contributed by atoms with Gasteiger partial charge in [-0.05, 0) is 32.0 Å². The van der Waals surface area contributed by atoms with Crippen molar-refractivity contribution in [2.45, 2.75) is 13.8 Å². The SMILES string of the molecule is CCN(CC)C(=O)c1cc(F)ccc1F. The zero-order chi connectivity index (χ0) is 11.4. The second-order valence-electron chi connectivity index (χ2n) is 3.10. The van der Waals surface area contributed by atoms with Crippen molar-refractivity contribution in [3.05, 3.63) is 35.4 Å². The van der Waals surface area contributed by atoms with Gasteiger partial charge in [-0.25, -0.2) is 8.78 Å². The molecule has 0 saturated heterocycles. The molecular weight excluding hydrogens is 200 g/mol. The summed E-state index contributed by atoms with van der Waals surface area (Å²) >= 11 is 0. The van der Waals surface area contributed by atoms with Gasteiger partial charge in [0, 0.05) is 13.1 Å². The second-order valence-corrected chi connectivity index (χ2v) is 3.10. The molecular formula is C11H13F2NO. The first-order chi connectivity index (χ1) is 7.10. The van der Waals surface area contributed by atoms with E-state index in [1.165, 1.54) is 4.90 Å². The molecule has 1 amide bonds. The molecule has 0 radical (unpaired) electrons. The van der Waals surface area contributed by atoms with Gasteiger partial charge in [-0.3, -0.25) is 4.79 Å². The van der Waals surface area contributed by atoms with Crippen molar-refractivity contribution in [1.29, 1.82) is 0 Å². The molecule has 0 saturated carbocycles. The van der Waals surface area contributed by atoms with E-state index in [-0.39, 0.29) is 5.56 Å². The van der Waals surface area contributed by atoms with Crippen LogP contribution >= 0.6 is 0 Å². The molecule has 0 atom stereocenters. The van der Waals surface area contributed by atoms with Gasteiger partial charge < -0.3 is 4.90 Å². The number of halogens is 2. The standard InChI is InChI=1S/C11H13F2NO/c1-3-14(4-2)11(15)9-7-8(12)5-6-10(9)13/h5-7H,3-4H2,1-2H3. The van der Waals surface area contributed by atoms with Gasteiger partial charge in [0.05, 0.1) is 5.56 Å². The summed E-state index contributed by atoms with van der Waals surface area (Å²) in [6.07, 6.45) is 0. The van der Waals surface area contributed by atoms with E-state index < -0.39 is 17.5 Å². The third kappa shape index (κ3) is 2.52. The molecule has 0 aliphatic heterocycles. The number of nitrogens with zero attached hydrogens (tertiary/aromatic N) is 1. The Morgan fingerprint density at radius 1 is 1.27 bits per heavy atom. The highest BCUT2D eigenvalue weighted by Gasteiger charge is 2.17. The highest BCUT2D eigenvalue weighted by atomic mass is 19.1. The quantitative estimate of drug-likeness (QED) is 0.755. The van der Waals surface area contributed by atoms with Crippen LogP contribution < -0.4 is 0 Å². The third-order valence-corrected chi connectivity index (χ3v) is 2.21. The van der Waals surface area contributed by atoms with E-state index in [1.807, 2.05) is 0 Å². The molecule has 15 heavy (non-hydrogen) atoms. The monoisotopic (exact) mass is 213 g/mol. The Morgan fingerprint density at radius 3 is 2.40 bits per heavy atom. The van der Waals surface area contributed by atoms with Gasteiger partial charge >= 0.3 is 0 Å². The highest BCUT2D eigenvalue weighted by molar-refractivity contribution is 5.94. The molecule has 0 spiro atoms. The van der Waals surface area contributed by atoms with Gasteiger partial charge in [-0.1, -0.05) is 0 Å². The van der Waals surface area contributed by atoms with E-state index in [1.54, 1.807) is 13.8 Å². The average molecular weight is 213 g/mol. The Balaban J connectivity index is 3.04. The number of amides is 1. The molecule has 0 aliphatic rings. The number of rotatable bonds is 3. The van der Waals surface area contributed by atoms with E-state index >= 15 is 0 Å². The van der Waals surface area contributed by atoms with E-state index in [0.717, 1.165) is 18.2 Å². The van der Waals surface area contributed by atoms with Crippen LogP contribution in [0.15, 0.2) is 18.2 Å². The van der Waals surface area contributed by atoms with Gasteiger partial charge in [0.15, 0.2) is 0 Å². The van der Waals surface area contributed by atoms with E-state index in [4.69, 9.17) is 0 Å². The molecule has 1 aromatic rings. The number of carbonyl (C=O) groups excluding carboxylic acids is 1. The summed E-state index contributed by atoms with van der Waals surface area (Å²) in [5.74, 6) is -1.77. The topological polar surface area (TPSA) is 20.3 Å². The number of hydrogen-bond acceptors (Lipinski definition) is 1. The summed E-state index contributed by atoms with van der Waals surface area (Å²) in [5, 5.41) is 0. The van der Waals surface area contributed by atoms with Crippen molar-refractivity contribution in [1.82, 2.24) is 4.90 Å². The molecule has 0 fully saturated rings. The molecule has 4 heteroatoms. The minimum atomic E-state index is -0.687. The molecule has 1 aromatic carbocycles. The predicted molar refractivity (Wildman–Crippen MR) is 53.6 cm³/mol. The van der Waals surface area contributed by atoms with Crippen LogP contribution in [-0.2, 0) is 0 Å². The molecule has 0 heterocycles. The van der Waals surface area contributed by atoms with Gasteiger partial charge in [0.25, 0.3) is 5.91 Å². The Bertz CT molecular complexity index is 362. The van der Waals surface area contributed by atoms with Crippen molar-refractivity contribution in [3.63, 3.8) is 0 Å². The lowest BCUT2D eigenvalue weighted by molar-refractivity contribution is 0.0767. The molecule has 0 N–H and O–H groups in total. The molecule has 0 bridgehead atoms. The summed E-state index contributed by atoms with van der Waals surface area (Å²) < 4.78 is 26.1. The maximum absolute atomic E-state index is 13.2. The van der Waals surface area contributed by atoms with Crippen LogP contribution in [0.1, 0.15) is 24.2 Å². The molecule has 0 aromatic heterocycles. The summed E-state index contributed by atoms with van der Waals surface area (Å²) in [7, 11) is 0. The fraction of sp³-hybridized carbons (Fsp3) is 0.364. The molecule has 2 nitrogen and oxygen atoms in total. The Morgan fingerprint density at radius 2 is 1.87 bits per heavy atom. The minimum absolute atomic E-state index is 0.210. The summed E-state index contributed by atoms with van der Waals surface area (Å²) in [6.45, 7) is 4.54. The van der Waals surface area contributed by atoms with Crippen LogP contribution in [0.3, 0.4) is 0 Å². The first-order valence-electron chi connectivity index (χ1n) is 4.84. The minimum Gasteiger partial charge on any atom is -0.339 e. The molecule has 82 valence electrons. The predicted octanol–water partition coefficient (Wildman–Crippen LogP) is 2.45. The van der Waals surface area contributed by atoms with Crippen molar-refractivity contribution in [2.24, 2.45) is 0 Å². The van der Waals surface area contributed by atoms with Crippen LogP contribution in [0.4, 0.5) is 8.78 Å². The average Bonchev–Trinajstić information content (AvgIpc) is 2.23. The first-order valence-corrected chi connectivity index (χ1v) is 4.84. The Labute approximate surface area is 87.5 Å². The van der Waals surface area contributed by atoms with Crippen LogP contribution in [0.25, 0.3) is 0 Å². The van der Waals surface area contributed by atoms with E-state index in [9.17, 15) is 13.6 Å². The van der Waals surface area contributed by atoms with Crippen LogP contribution in [0.5, 0.6) is 0 Å². The lowest BCUT2D eigenvalue weighted by Crippen LogP contribution is -2.31. The van der Waals surface area contributed by atoms with E-state index in [0.29, 0.717) is 13.1 Å². The zero-order valence-electron chi connectivity index (χ0n) is 8.76. The Hall–Kier alpha value is -1.45. The van der Waals surface area contributed by atoms with Gasteiger partial charge in [-0.2, -0.15) is 0 Å². The summed E-state index contributed by atoms with van der Waals surface area (Å²) in [6, 6.07) is 2.89. The summed E-state index contributed by atoms with van der Waals surface area (Å²) in [4.78, 5) is 13.1. The first kappa shape index (κ1) is 11.6. The smallest absolute Gasteiger partial charge is 0.256 e. The number of hydrogen-bond donors (Lipinski definition) is 0. The van der Waals surface area contributed by atoms with Crippen LogP contribution in [0.2, 0.25) is 0 Å². The fourth-order valence-corrected chi connectivity index (χ4v) is 1.34. The van der Waals surface area contributed by atoms with Crippen molar-refractivity contribution >= 4 is 5.91 Å². The second kappa shape index (κ2) is 4.87. The summed E-state index contributed by atoms with van der Waals surface area (Å²) in [5.41, 5.74) is -0.210.